The molecule has 2 aromatic carbocycles. The van der Waals surface area contributed by atoms with Crippen LogP contribution in [0.4, 0.5) is 0 Å². The second-order valence-corrected chi connectivity index (χ2v) is 8.64. The Hall–Kier alpha value is -2.34. The monoisotopic (exact) mass is 395 g/mol. The van der Waals surface area contributed by atoms with Crippen molar-refractivity contribution >= 4 is 39.3 Å². The Morgan fingerprint density at radius 2 is 1.93 bits per heavy atom. The maximum atomic E-state index is 12.8. The second kappa shape index (κ2) is 7.95. The van der Waals surface area contributed by atoms with Crippen molar-refractivity contribution in [3.8, 4) is 0 Å². The number of nitrogens with one attached hydrogen (secondary N) is 1. The molecule has 1 heterocycles. The normalized spacial score (nSPS) is 19.8. The molecule has 3 aromatic rings. The van der Waals surface area contributed by atoms with E-state index in [0.29, 0.717) is 22.0 Å². The first-order valence-electron chi connectivity index (χ1n) is 9.84. The van der Waals surface area contributed by atoms with Gasteiger partial charge in [-0.05, 0) is 41.7 Å². The van der Waals surface area contributed by atoms with Crippen molar-refractivity contribution in [2.45, 2.75) is 43.8 Å². The molecule has 1 aromatic heterocycles. The van der Waals surface area contributed by atoms with Gasteiger partial charge in [-0.1, -0.05) is 55.8 Å². The summed E-state index contributed by atoms with van der Waals surface area (Å²) in [7, 11) is 1.72. The van der Waals surface area contributed by atoms with E-state index in [9.17, 15) is 9.59 Å². The molecule has 0 unspecified atom stereocenters. The number of rotatable bonds is 4. The highest BCUT2D eigenvalue weighted by atomic mass is 32.2. The minimum absolute atomic E-state index is 0.0107. The number of carbonyl (C=O) groups is 1. The van der Waals surface area contributed by atoms with E-state index in [2.05, 4.69) is 17.2 Å². The van der Waals surface area contributed by atoms with Crippen LogP contribution in [-0.2, 0) is 11.8 Å². The minimum Gasteiger partial charge on any atom is -0.352 e. The van der Waals surface area contributed by atoms with Crippen LogP contribution in [0, 0.1) is 5.92 Å². The Balaban J connectivity index is 1.55. The lowest BCUT2D eigenvalue weighted by atomic mass is 9.86. The number of aromatic nitrogens is 2. The Morgan fingerprint density at radius 3 is 2.68 bits per heavy atom. The largest absolute Gasteiger partial charge is 0.352 e. The molecule has 146 valence electrons. The number of hydrogen-bond acceptors (Lipinski definition) is 4. The van der Waals surface area contributed by atoms with E-state index >= 15 is 0 Å². The van der Waals surface area contributed by atoms with Crippen molar-refractivity contribution in [2.24, 2.45) is 13.0 Å². The zero-order valence-electron chi connectivity index (χ0n) is 16.3. The summed E-state index contributed by atoms with van der Waals surface area (Å²) < 4.78 is 1.54. The fourth-order valence-electron chi connectivity index (χ4n) is 3.98. The van der Waals surface area contributed by atoms with Crippen molar-refractivity contribution in [1.29, 1.82) is 0 Å². The molecular weight excluding hydrogens is 370 g/mol. The Bertz CT molecular complexity index is 1090. The second-order valence-electron chi connectivity index (χ2n) is 7.70. The smallest absolute Gasteiger partial charge is 0.261 e. The number of fused-ring (bicyclic) bond motifs is 2. The highest BCUT2D eigenvalue weighted by Crippen LogP contribution is 2.25. The lowest BCUT2D eigenvalue weighted by molar-refractivity contribution is -0.119. The number of thioether (sulfide) groups is 1. The molecule has 1 N–H and O–H groups in total. The zero-order valence-corrected chi connectivity index (χ0v) is 17.1. The number of hydrogen-bond donors (Lipinski definition) is 1. The molecule has 1 aliphatic carbocycles. The van der Waals surface area contributed by atoms with E-state index in [1.54, 1.807) is 7.05 Å². The summed E-state index contributed by atoms with van der Waals surface area (Å²) in [6.07, 6.45) is 4.65. The summed E-state index contributed by atoms with van der Waals surface area (Å²) in [5.41, 5.74) is 0.588. The molecule has 0 aliphatic heterocycles. The minimum atomic E-state index is -0.0837. The first-order chi connectivity index (χ1) is 13.5. The summed E-state index contributed by atoms with van der Waals surface area (Å²) in [6, 6.07) is 12.0. The van der Waals surface area contributed by atoms with Crippen LogP contribution in [0.2, 0.25) is 0 Å². The highest BCUT2D eigenvalue weighted by Gasteiger charge is 2.23. The van der Waals surface area contributed by atoms with Gasteiger partial charge in [0.05, 0.1) is 16.7 Å². The van der Waals surface area contributed by atoms with E-state index in [0.717, 1.165) is 17.2 Å². The molecule has 0 radical (unpaired) electrons. The van der Waals surface area contributed by atoms with Gasteiger partial charge in [0.2, 0.25) is 5.91 Å². The van der Waals surface area contributed by atoms with E-state index < -0.39 is 0 Å². The van der Waals surface area contributed by atoms with Crippen LogP contribution in [0.5, 0.6) is 0 Å². The first-order valence-corrected chi connectivity index (χ1v) is 10.8. The number of nitrogens with zero attached hydrogens (tertiary/aromatic N) is 2. The molecule has 4 rings (SSSR count). The predicted octanol–water partition coefficient (Wildman–Crippen LogP) is 3.87. The van der Waals surface area contributed by atoms with Crippen LogP contribution in [-0.4, -0.2) is 27.3 Å². The van der Waals surface area contributed by atoms with Gasteiger partial charge >= 0.3 is 0 Å². The maximum Gasteiger partial charge on any atom is 0.261 e. The van der Waals surface area contributed by atoms with E-state index in [1.807, 2.05) is 36.4 Å². The molecule has 1 fully saturated rings. The Kier molecular flexibility index (Phi) is 5.40. The van der Waals surface area contributed by atoms with Crippen molar-refractivity contribution in [1.82, 2.24) is 14.9 Å². The van der Waals surface area contributed by atoms with E-state index in [4.69, 9.17) is 0 Å². The van der Waals surface area contributed by atoms with E-state index in [1.165, 1.54) is 35.6 Å². The molecule has 5 nitrogen and oxygen atoms in total. The van der Waals surface area contributed by atoms with Gasteiger partial charge in [0.15, 0.2) is 5.16 Å². The maximum absolute atomic E-state index is 12.8. The van der Waals surface area contributed by atoms with Gasteiger partial charge in [0.25, 0.3) is 5.56 Å². The summed E-state index contributed by atoms with van der Waals surface area (Å²) in [5.74, 6) is 0.804. The van der Waals surface area contributed by atoms with Crippen LogP contribution >= 0.6 is 11.8 Å². The number of amides is 1. The molecular formula is C22H25N3O2S. The lowest BCUT2D eigenvalue weighted by Gasteiger charge is -2.29. The van der Waals surface area contributed by atoms with Crippen LogP contribution in [0.15, 0.2) is 46.3 Å². The van der Waals surface area contributed by atoms with Gasteiger partial charge in [-0.25, -0.2) is 4.98 Å². The molecule has 1 aliphatic rings. The van der Waals surface area contributed by atoms with Gasteiger partial charge in [-0.15, -0.1) is 0 Å². The summed E-state index contributed by atoms with van der Waals surface area (Å²) in [5, 5.41) is 6.41. The van der Waals surface area contributed by atoms with Gasteiger partial charge in [0.1, 0.15) is 0 Å². The third kappa shape index (κ3) is 3.78. The molecule has 1 amide bonds. The molecule has 0 bridgehead atoms. The summed E-state index contributed by atoms with van der Waals surface area (Å²) >= 11 is 1.32. The lowest BCUT2D eigenvalue weighted by Crippen LogP contribution is -2.41. The summed E-state index contributed by atoms with van der Waals surface area (Å²) in [4.78, 5) is 29.9. The highest BCUT2D eigenvalue weighted by molar-refractivity contribution is 7.99. The fourth-order valence-corrected chi connectivity index (χ4v) is 4.76. The zero-order chi connectivity index (χ0) is 19.7. The van der Waals surface area contributed by atoms with Crippen molar-refractivity contribution < 1.29 is 4.79 Å². The van der Waals surface area contributed by atoms with Crippen LogP contribution in [0.25, 0.3) is 21.7 Å². The fraction of sp³-hybridized carbons (Fsp3) is 0.409. The molecule has 0 spiro atoms. The topological polar surface area (TPSA) is 64.0 Å². The van der Waals surface area contributed by atoms with Crippen LogP contribution in [0.1, 0.15) is 32.6 Å². The molecule has 28 heavy (non-hydrogen) atoms. The quantitative estimate of drug-likeness (QED) is 0.414. The average Bonchev–Trinajstić information content (AvgIpc) is 2.70. The standard InChI is InChI=1S/C22H25N3O2S/c1-14-7-3-6-10-18(14)23-20(26)13-28-22-24-19-12-16-9-5-4-8-15(16)11-17(19)21(27)25(22)2/h4-5,8-9,11-12,14,18H,3,6-7,10,13H2,1-2H3,(H,23,26)/t14-,18-/m0/s1. The van der Waals surface area contributed by atoms with Gasteiger partial charge in [0, 0.05) is 13.1 Å². The van der Waals surface area contributed by atoms with E-state index in [-0.39, 0.29) is 23.3 Å². The predicted molar refractivity (Wildman–Crippen MR) is 115 cm³/mol. The third-order valence-electron chi connectivity index (χ3n) is 5.69. The van der Waals surface area contributed by atoms with Gasteiger partial charge < -0.3 is 5.32 Å². The molecule has 2 atom stereocenters. The summed E-state index contributed by atoms with van der Waals surface area (Å²) in [6.45, 7) is 2.20. The SMILES string of the molecule is C[C@H]1CCCC[C@@H]1NC(=O)CSc1nc2cc3ccccc3cc2c(=O)n1C. The average molecular weight is 396 g/mol. The molecule has 6 heteroatoms. The number of carbonyl (C=O) groups excluding carboxylic acids is 1. The van der Waals surface area contributed by atoms with Gasteiger partial charge in [-0.2, -0.15) is 0 Å². The Morgan fingerprint density at radius 1 is 1.21 bits per heavy atom. The van der Waals surface area contributed by atoms with Crippen molar-refractivity contribution in [2.75, 3.05) is 5.75 Å². The van der Waals surface area contributed by atoms with Crippen LogP contribution < -0.4 is 10.9 Å². The Labute approximate surface area is 168 Å². The molecule has 1 saturated carbocycles. The van der Waals surface area contributed by atoms with Crippen molar-refractivity contribution in [3.63, 3.8) is 0 Å². The van der Waals surface area contributed by atoms with Crippen LogP contribution in [0.3, 0.4) is 0 Å². The molecule has 0 saturated heterocycles. The third-order valence-corrected chi connectivity index (χ3v) is 6.72. The number of benzene rings is 2. The first kappa shape index (κ1) is 19.0. The van der Waals surface area contributed by atoms with Crippen molar-refractivity contribution in [3.05, 3.63) is 46.8 Å². The van der Waals surface area contributed by atoms with Gasteiger partial charge in [-0.3, -0.25) is 14.2 Å².